The number of aromatic amines is 1. The Morgan fingerprint density at radius 2 is 2.09 bits per heavy atom. The summed E-state index contributed by atoms with van der Waals surface area (Å²) < 4.78 is 38.9. The molecule has 0 bridgehead atoms. The van der Waals surface area contributed by atoms with Crippen LogP contribution < -0.4 is 5.32 Å². The summed E-state index contributed by atoms with van der Waals surface area (Å²) in [5, 5.41) is 18.3. The van der Waals surface area contributed by atoms with Crippen molar-refractivity contribution < 1.29 is 23.1 Å². The Kier molecular flexibility index (Phi) is 4.12. The summed E-state index contributed by atoms with van der Waals surface area (Å²) >= 11 is 0. The van der Waals surface area contributed by atoms with Crippen LogP contribution in [0.4, 0.5) is 13.2 Å². The first-order chi connectivity index (χ1) is 10.8. The molecule has 1 aromatic rings. The van der Waals surface area contributed by atoms with Gasteiger partial charge in [-0.3, -0.25) is 9.89 Å². The molecule has 5 nitrogen and oxygen atoms in total. The van der Waals surface area contributed by atoms with E-state index in [2.05, 4.69) is 15.5 Å². The van der Waals surface area contributed by atoms with Gasteiger partial charge in [0.05, 0.1) is 12.1 Å². The molecule has 1 amide bonds. The summed E-state index contributed by atoms with van der Waals surface area (Å²) in [5.74, 6) is -0.772. The highest BCUT2D eigenvalue weighted by Gasteiger charge is 2.42. The van der Waals surface area contributed by atoms with Crippen molar-refractivity contribution in [3.05, 3.63) is 17.0 Å². The summed E-state index contributed by atoms with van der Waals surface area (Å²) in [6.07, 6.45) is -0.304. The molecule has 8 heteroatoms. The number of aliphatic hydroxyl groups is 1. The van der Waals surface area contributed by atoms with Gasteiger partial charge in [0.15, 0.2) is 5.69 Å². The molecule has 0 radical (unpaired) electrons. The van der Waals surface area contributed by atoms with Gasteiger partial charge in [-0.2, -0.15) is 18.3 Å². The van der Waals surface area contributed by atoms with Gasteiger partial charge in [-0.25, -0.2) is 0 Å². The van der Waals surface area contributed by atoms with E-state index in [1.165, 1.54) is 0 Å². The monoisotopic (exact) mass is 331 g/mol. The van der Waals surface area contributed by atoms with Crippen LogP contribution in [0, 0.1) is 5.92 Å². The van der Waals surface area contributed by atoms with Crippen LogP contribution in [0.15, 0.2) is 0 Å². The predicted molar refractivity (Wildman–Crippen MR) is 75.5 cm³/mol. The number of nitrogens with zero attached hydrogens (tertiary/aromatic N) is 1. The SMILES string of the molecule is O=C(NC1(CO)CCCC1)C1CCc2[nH]nc(C(F)(F)F)c2C1. The molecular formula is C15H20F3N3O2. The Morgan fingerprint density at radius 1 is 1.39 bits per heavy atom. The molecule has 0 spiro atoms. The number of H-pyrrole nitrogens is 1. The maximum absolute atomic E-state index is 13.0. The van der Waals surface area contributed by atoms with E-state index in [0.29, 0.717) is 31.4 Å². The molecule has 2 aliphatic rings. The van der Waals surface area contributed by atoms with Crippen molar-refractivity contribution in [2.75, 3.05) is 6.61 Å². The Labute approximate surface area is 131 Å². The number of carbonyl (C=O) groups excluding carboxylic acids is 1. The molecule has 2 aliphatic carbocycles. The smallest absolute Gasteiger partial charge is 0.394 e. The van der Waals surface area contributed by atoms with Gasteiger partial charge in [0.1, 0.15) is 0 Å². The summed E-state index contributed by atoms with van der Waals surface area (Å²) in [7, 11) is 0. The third-order valence-corrected chi connectivity index (χ3v) is 5.04. The Balaban J connectivity index is 1.74. The van der Waals surface area contributed by atoms with Crippen LogP contribution in [-0.4, -0.2) is 33.4 Å². The minimum absolute atomic E-state index is 0.0357. The first-order valence-corrected chi connectivity index (χ1v) is 7.91. The van der Waals surface area contributed by atoms with E-state index < -0.39 is 23.3 Å². The average Bonchev–Trinajstić information content (AvgIpc) is 3.12. The van der Waals surface area contributed by atoms with E-state index in [1.807, 2.05) is 0 Å². The predicted octanol–water partition coefficient (Wildman–Crippen LogP) is 1.95. The van der Waals surface area contributed by atoms with Crippen molar-refractivity contribution in [1.82, 2.24) is 15.5 Å². The van der Waals surface area contributed by atoms with Gasteiger partial charge in [0, 0.05) is 17.2 Å². The number of hydrogen-bond donors (Lipinski definition) is 3. The third kappa shape index (κ3) is 3.08. The van der Waals surface area contributed by atoms with Crippen molar-refractivity contribution in [3.8, 4) is 0 Å². The van der Waals surface area contributed by atoms with Crippen molar-refractivity contribution in [1.29, 1.82) is 0 Å². The highest BCUT2D eigenvalue weighted by molar-refractivity contribution is 5.80. The minimum atomic E-state index is -4.51. The largest absolute Gasteiger partial charge is 0.435 e. The molecule has 3 N–H and O–H groups in total. The second-order valence-corrected chi connectivity index (χ2v) is 6.60. The van der Waals surface area contributed by atoms with E-state index in [9.17, 15) is 23.1 Å². The summed E-state index contributed by atoms with van der Waals surface area (Å²) in [4.78, 5) is 12.5. The van der Waals surface area contributed by atoms with Crippen LogP contribution in [0.25, 0.3) is 0 Å². The topological polar surface area (TPSA) is 78.0 Å². The van der Waals surface area contributed by atoms with Gasteiger partial charge in [0.25, 0.3) is 0 Å². The van der Waals surface area contributed by atoms with Gasteiger partial charge in [-0.15, -0.1) is 0 Å². The van der Waals surface area contributed by atoms with Crippen LogP contribution in [0.1, 0.15) is 49.1 Å². The maximum Gasteiger partial charge on any atom is 0.435 e. The number of aromatic nitrogens is 2. The number of fused-ring (bicyclic) bond motifs is 1. The molecule has 1 fully saturated rings. The zero-order chi connectivity index (χ0) is 16.7. The van der Waals surface area contributed by atoms with E-state index >= 15 is 0 Å². The van der Waals surface area contributed by atoms with E-state index in [-0.39, 0.29) is 24.5 Å². The first kappa shape index (κ1) is 16.3. The molecule has 1 heterocycles. The first-order valence-electron chi connectivity index (χ1n) is 7.91. The van der Waals surface area contributed by atoms with Gasteiger partial charge in [-0.05, 0) is 32.1 Å². The lowest BCUT2D eigenvalue weighted by molar-refractivity contribution is -0.142. The normalized spacial score (nSPS) is 23.6. The van der Waals surface area contributed by atoms with Gasteiger partial charge >= 0.3 is 6.18 Å². The second kappa shape index (κ2) is 5.81. The minimum Gasteiger partial charge on any atom is -0.394 e. The molecule has 1 aromatic heterocycles. The number of nitrogens with one attached hydrogen (secondary N) is 2. The molecule has 1 unspecified atom stereocenters. The zero-order valence-corrected chi connectivity index (χ0v) is 12.7. The molecule has 1 atom stereocenters. The number of aryl methyl sites for hydroxylation is 1. The molecule has 1 saturated carbocycles. The molecule has 0 saturated heterocycles. The zero-order valence-electron chi connectivity index (χ0n) is 12.7. The van der Waals surface area contributed by atoms with Gasteiger partial charge < -0.3 is 10.4 Å². The van der Waals surface area contributed by atoms with E-state index in [0.717, 1.165) is 12.8 Å². The molecule has 0 aromatic carbocycles. The highest BCUT2D eigenvalue weighted by atomic mass is 19.4. The number of aliphatic hydroxyl groups excluding tert-OH is 1. The van der Waals surface area contributed by atoms with E-state index in [4.69, 9.17) is 0 Å². The van der Waals surface area contributed by atoms with Gasteiger partial charge in [-0.1, -0.05) is 12.8 Å². The lowest BCUT2D eigenvalue weighted by atomic mass is 9.84. The number of amides is 1. The molecule has 128 valence electrons. The van der Waals surface area contributed by atoms with Crippen LogP contribution in [0.5, 0.6) is 0 Å². The Bertz CT molecular complexity index is 591. The maximum atomic E-state index is 13.0. The van der Waals surface area contributed by atoms with Crippen LogP contribution in [0.2, 0.25) is 0 Å². The molecule has 3 rings (SSSR count). The fourth-order valence-corrected chi connectivity index (χ4v) is 3.69. The fraction of sp³-hybridized carbons (Fsp3) is 0.733. The van der Waals surface area contributed by atoms with Gasteiger partial charge in [0.2, 0.25) is 5.91 Å². The standard InChI is InChI=1S/C15H20F3N3O2/c16-15(17,18)12-10-7-9(3-4-11(10)20-21-12)13(23)19-14(8-22)5-1-2-6-14/h9,22H,1-8H2,(H,19,23)(H,20,21). The molecule has 23 heavy (non-hydrogen) atoms. The summed E-state index contributed by atoms with van der Waals surface area (Å²) in [6.45, 7) is -0.129. The van der Waals surface area contributed by atoms with E-state index in [1.54, 1.807) is 0 Å². The fourth-order valence-electron chi connectivity index (χ4n) is 3.69. The van der Waals surface area contributed by atoms with Crippen LogP contribution in [-0.2, 0) is 23.8 Å². The van der Waals surface area contributed by atoms with Crippen LogP contribution >= 0.6 is 0 Å². The van der Waals surface area contributed by atoms with Crippen LogP contribution in [0.3, 0.4) is 0 Å². The number of hydrogen-bond acceptors (Lipinski definition) is 3. The number of carbonyl (C=O) groups is 1. The van der Waals surface area contributed by atoms with Crippen molar-refractivity contribution >= 4 is 5.91 Å². The number of rotatable bonds is 3. The van der Waals surface area contributed by atoms with Crippen molar-refractivity contribution in [2.24, 2.45) is 5.92 Å². The Hall–Kier alpha value is -1.57. The number of halogens is 3. The van der Waals surface area contributed by atoms with Crippen molar-refractivity contribution in [2.45, 2.75) is 56.7 Å². The lowest BCUT2D eigenvalue weighted by Crippen LogP contribution is -2.51. The third-order valence-electron chi connectivity index (χ3n) is 5.04. The lowest BCUT2D eigenvalue weighted by Gasteiger charge is -2.31. The van der Waals surface area contributed by atoms with Crippen molar-refractivity contribution in [3.63, 3.8) is 0 Å². The summed E-state index contributed by atoms with van der Waals surface area (Å²) in [5.41, 5.74) is -0.934. The molecular weight excluding hydrogens is 311 g/mol. The number of alkyl halides is 3. The Morgan fingerprint density at radius 3 is 2.70 bits per heavy atom. The average molecular weight is 331 g/mol. The quantitative estimate of drug-likeness (QED) is 0.792. The molecule has 0 aliphatic heterocycles. The summed E-state index contributed by atoms with van der Waals surface area (Å²) in [6, 6.07) is 0. The second-order valence-electron chi connectivity index (χ2n) is 6.60. The highest BCUT2D eigenvalue weighted by Crippen LogP contribution is 2.36.